The van der Waals surface area contributed by atoms with E-state index < -0.39 is 10.9 Å². The van der Waals surface area contributed by atoms with Crippen molar-refractivity contribution in [3.63, 3.8) is 0 Å². The highest BCUT2D eigenvalue weighted by Crippen LogP contribution is 2.13. The van der Waals surface area contributed by atoms with Gasteiger partial charge in [0, 0.05) is 50.8 Å². The Bertz CT molecular complexity index is 1020. The Hall–Kier alpha value is -2.80. The van der Waals surface area contributed by atoms with Crippen LogP contribution in [0.5, 0.6) is 0 Å². The molecule has 0 spiro atoms. The van der Waals surface area contributed by atoms with E-state index >= 15 is 0 Å². The van der Waals surface area contributed by atoms with Crippen LogP contribution in [0.2, 0.25) is 0 Å². The van der Waals surface area contributed by atoms with E-state index in [0.717, 1.165) is 68.7 Å². The topological polar surface area (TPSA) is 150 Å². The third-order valence-electron chi connectivity index (χ3n) is 5.65. The second-order valence-electron chi connectivity index (χ2n) is 8.59. The maximum atomic E-state index is 10.9. The van der Waals surface area contributed by atoms with E-state index in [-0.39, 0.29) is 0 Å². The van der Waals surface area contributed by atoms with Crippen LogP contribution in [0.3, 0.4) is 0 Å². The van der Waals surface area contributed by atoms with Crippen LogP contribution in [-0.4, -0.2) is 57.5 Å². The molecule has 0 saturated heterocycles. The minimum atomic E-state index is -2.66. The van der Waals surface area contributed by atoms with Gasteiger partial charge in [0.2, 0.25) is 10.9 Å². The molecule has 0 bridgehead atoms. The largest absolute Gasteiger partial charge is 0.337 e. The van der Waals surface area contributed by atoms with E-state index in [1.807, 2.05) is 29.3 Å². The third kappa shape index (κ3) is 9.76. The number of anilines is 1. The van der Waals surface area contributed by atoms with Crippen LogP contribution >= 0.6 is 0 Å². The Balaban J connectivity index is 1.63. The van der Waals surface area contributed by atoms with Gasteiger partial charge in [-0.3, -0.25) is 14.3 Å². The Morgan fingerprint density at radius 2 is 1.63 bits per heavy atom. The molecule has 0 amide bonds. The molecule has 0 atom stereocenters. The van der Waals surface area contributed by atoms with Gasteiger partial charge in [-0.25, -0.2) is 13.4 Å². The molecular formula is C23H37N9O2S. The fraction of sp³-hybridized carbons (Fsp3) is 0.522. The third-order valence-corrected chi connectivity index (χ3v) is 6.09. The summed E-state index contributed by atoms with van der Waals surface area (Å²) in [6.07, 6.45) is 10.8. The van der Waals surface area contributed by atoms with Gasteiger partial charge < -0.3 is 16.0 Å². The normalized spacial score (nSPS) is 11.5. The van der Waals surface area contributed by atoms with Crippen molar-refractivity contribution in [2.45, 2.75) is 58.3 Å². The molecular weight excluding hydrogens is 466 g/mol. The standard InChI is InChI=1S/C23H37N9O2S/c24-10-1-3-12-31-16-22(26-19-31)15-30(17-23-18-32(29-27-23)13-4-2-11-25)14-9-20-5-7-21(8-6-20)28-35(33)34/h5-8,16,18-19,35H,1-4,9-15,17,24-25H2,(H,28,33,34). The molecule has 192 valence electrons. The number of benzene rings is 1. The number of nitrogens with zero attached hydrogens (tertiary/aromatic N) is 6. The highest BCUT2D eigenvalue weighted by Gasteiger charge is 2.12. The summed E-state index contributed by atoms with van der Waals surface area (Å²) in [5.74, 6) is 0. The Labute approximate surface area is 208 Å². The summed E-state index contributed by atoms with van der Waals surface area (Å²) in [6.45, 7) is 5.26. The summed E-state index contributed by atoms with van der Waals surface area (Å²) in [5, 5.41) is 8.62. The predicted octanol–water partition coefficient (Wildman–Crippen LogP) is 1.14. The molecule has 11 nitrogen and oxygen atoms in total. The Kier molecular flexibility index (Phi) is 11.2. The lowest BCUT2D eigenvalue weighted by Crippen LogP contribution is -2.25. The number of imidazole rings is 1. The van der Waals surface area contributed by atoms with Gasteiger partial charge in [0.15, 0.2) is 0 Å². The molecule has 5 N–H and O–H groups in total. The molecule has 0 saturated carbocycles. The summed E-state index contributed by atoms with van der Waals surface area (Å²) in [7, 11) is -2.66. The fourth-order valence-corrected chi connectivity index (χ4v) is 4.16. The molecule has 3 aromatic rings. The van der Waals surface area contributed by atoms with Gasteiger partial charge in [-0.1, -0.05) is 17.3 Å². The Morgan fingerprint density at radius 1 is 0.914 bits per heavy atom. The van der Waals surface area contributed by atoms with Crippen LogP contribution in [0.1, 0.15) is 42.6 Å². The second-order valence-corrected chi connectivity index (χ2v) is 9.33. The van der Waals surface area contributed by atoms with Gasteiger partial charge in [-0.05, 0) is 62.9 Å². The SMILES string of the molecule is NCCCCn1cnc(CN(CCc2ccc(N[SH](=O)=O)cc2)Cc2cn(CCCCN)nn2)c1. The molecule has 3 rings (SSSR count). The van der Waals surface area contributed by atoms with Crippen molar-refractivity contribution in [1.29, 1.82) is 0 Å². The molecule has 2 heterocycles. The molecule has 1 aromatic carbocycles. The molecule has 35 heavy (non-hydrogen) atoms. The van der Waals surface area contributed by atoms with Crippen molar-refractivity contribution >= 4 is 16.6 Å². The molecule has 0 aliphatic heterocycles. The van der Waals surface area contributed by atoms with E-state index in [1.165, 1.54) is 0 Å². The zero-order chi connectivity index (χ0) is 24.9. The molecule has 0 unspecified atom stereocenters. The zero-order valence-corrected chi connectivity index (χ0v) is 21.0. The van der Waals surface area contributed by atoms with Crippen molar-refractivity contribution in [3.05, 3.63) is 59.9 Å². The summed E-state index contributed by atoms with van der Waals surface area (Å²) in [4.78, 5) is 6.90. The number of thiol groups is 1. The number of hydrogen-bond acceptors (Lipinski definition) is 8. The first-order valence-corrected chi connectivity index (χ1v) is 13.3. The molecule has 0 aliphatic carbocycles. The number of aryl methyl sites for hydroxylation is 2. The van der Waals surface area contributed by atoms with Crippen molar-refractivity contribution in [2.24, 2.45) is 11.5 Å². The van der Waals surface area contributed by atoms with Crippen LogP contribution < -0.4 is 16.2 Å². The molecule has 0 aliphatic rings. The van der Waals surface area contributed by atoms with E-state index in [2.05, 4.69) is 35.7 Å². The number of nitrogens with two attached hydrogens (primary N) is 2. The van der Waals surface area contributed by atoms with Crippen molar-refractivity contribution in [3.8, 4) is 0 Å². The minimum absolute atomic E-state index is 0.563. The lowest BCUT2D eigenvalue weighted by atomic mass is 10.1. The summed E-state index contributed by atoms with van der Waals surface area (Å²) in [5.41, 5.74) is 14.8. The summed E-state index contributed by atoms with van der Waals surface area (Å²) in [6, 6.07) is 7.44. The molecule has 0 fully saturated rings. The first-order chi connectivity index (χ1) is 17.1. The minimum Gasteiger partial charge on any atom is -0.337 e. The van der Waals surface area contributed by atoms with Crippen LogP contribution in [0, 0.1) is 0 Å². The van der Waals surface area contributed by atoms with Crippen molar-refractivity contribution in [2.75, 3.05) is 24.4 Å². The average molecular weight is 504 g/mol. The highest BCUT2D eigenvalue weighted by atomic mass is 32.2. The van der Waals surface area contributed by atoms with Crippen LogP contribution in [0.4, 0.5) is 5.69 Å². The van der Waals surface area contributed by atoms with Gasteiger partial charge >= 0.3 is 0 Å². The lowest BCUT2D eigenvalue weighted by Gasteiger charge is -2.20. The van der Waals surface area contributed by atoms with Gasteiger partial charge in [0.1, 0.15) is 0 Å². The van der Waals surface area contributed by atoms with Gasteiger partial charge in [0.05, 0.1) is 17.7 Å². The monoisotopic (exact) mass is 503 g/mol. The molecule has 0 radical (unpaired) electrons. The highest BCUT2D eigenvalue weighted by molar-refractivity contribution is 7.73. The Morgan fingerprint density at radius 3 is 2.34 bits per heavy atom. The second kappa shape index (κ2) is 14.6. The average Bonchev–Trinajstić information content (AvgIpc) is 3.48. The van der Waals surface area contributed by atoms with Gasteiger partial charge in [0.25, 0.3) is 0 Å². The zero-order valence-electron chi connectivity index (χ0n) is 20.1. The van der Waals surface area contributed by atoms with Crippen LogP contribution in [-0.2, 0) is 43.5 Å². The predicted molar refractivity (Wildman–Crippen MR) is 137 cm³/mol. The summed E-state index contributed by atoms with van der Waals surface area (Å²) >= 11 is 0. The number of nitrogens with one attached hydrogen (secondary N) is 1. The van der Waals surface area contributed by atoms with E-state index in [1.54, 1.807) is 12.1 Å². The molecule has 12 heteroatoms. The quantitative estimate of drug-likeness (QED) is 0.158. The number of unbranched alkanes of at least 4 members (excludes halogenated alkanes) is 2. The van der Waals surface area contributed by atoms with Gasteiger partial charge in [-0.15, -0.1) is 5.10 Å². The van der Waals surface area contributed by atoms with E-state index in [9.17, 15) is 8.42 Å². The number of hydrogen-bond donors (Lipinski definition) is 4. The first kappa shape index (κ1) is 26.8. The van der Waals surface area contributed by atoms with Crippen molar-refractivity contribution in [1.82, 2.24) is 29.4 Å². The van der Waals surface area contributed by atoms with E-state index in [0.29, 0.717) is 31.9 Å². The van der Waals surface area contributed by atoms with Crippen LogP contribution in [0.25, 0.3) is 0 Å². The molecule has 2 aromatic heterocycles. The van der Waals surface area contributed by atoms with E-state index in [4.69, 9.17) is 11.5 Å². The number of rotatable bonds is 17. The summed E-state index contributed by atoms with van der Waals surface area (Å²) < 4.78 is 28.1. The smallest absolute Gasteiger partial charge is 0.222 e. The maximum absolute atomic E-state index is 10.9. The van der Waals surface area contributed by atoms with Crippen LogP contribution in [0.15, 0.2) is 43.0 Å². The lowest BCUT2D eigenvalue weighted by molar-refractivity contribution is 0.254. The van der Waals surface area contributed by atoms with Gasteiger partial charge in [-0.2, -0.15) is 0 Å². The van der Waals surface area contributed by atoms with Crippen molar-refractivity contribution < 1.29 is 8.42 Å². The fourth-order valence-electron chi connectivity index (χ4n) is 3.80. The number of aromatic nitrogens is 5. The first-order valence-electron chi connectivity index (χ1n) is 12.1. The maximum Gasteiger partial charge on any atom is 0.222 e.